The van der Waals surface area contributed by atoms with Gasteiger partial charge in [-0.2, -0.15) is 0 Å². The summed E-state index contributed by atoms with van der Waals surface area (Å²) in [6, 6.07) is 14.4. The second kappa shape index (κ2) is 4.17. The Morgan fingerprint density at radius 3 is 1.91 bits per heavy atom. The number of fused-ring (bicyclic) bond motifs is 4. The lowest BCUT2D eigenvalue weighted by molar-refractivity contribution is 0.464. The SMILES string of the molecule is [2H]c1c2c3c(c([2H])c1C([2H])([2H])[2H])Oc1ccccc1B3c1ccccc1O2. The van der Waals surface area contributed by atoms with Crippen LogP contribution in [0.25, 0.3) is 0 Å². The van der Waals surface area contributed by atoms with E-state index in [-0.39, 0.29) is 35.9 Å². The van der Waals surface area contributed by atoms with Crippen molar-refractivity contribution in [2.45, 2.75) is 6.85 Å². The summed E-state index contributed by atoms with van der Waals surface area (Å²) in [5.74, 6) is 1.48. The van der Waals surface area contributed by atoms with Crippen LogP contribution in [0.5, 0.6) is 23.0 Å². The Bertz CT molecular complexity index is 1030. The first-order valence-electron chi connectivity index (χ1n) is 9.59. The van der Waals surface area contributed by atoms with Crippen molar-refractivity contribution in [3.63, 3.8) is 0 Å². The van der Waals surface area contributed by atoms with Crippen LogP contribution < -0.4 is 25.9 Å². The fourth-order valence-corrected chi connectivity index (χ4v) is 3.24. The van der Waals surface area contributed by atoms with Crippen LogP contribution >= 0.6 is 0 Å². The van der Waals surface area contributed by atoms with Gasteiger partial charge in [-0.05, 0) is 47.6 Å². The Morgan fingerprint density at radius 1 is 0.818 bits per heavy atom. The van der Waals surface area contributed by atoms with Crippen LogP contribution in [0.2, 0.25) is 0 Å². The molecule has 3 aromatic carbocycles. The molecule has 2 aliphatic rings. The molecule has 22 heavy (non-hydrogen) atoms. The predicted octanol–water partition coefficient (Wildman–Crippen LogP) is 2.72. The molecule has 0 fully saturated rings. The van der Waals surface area contributed by atoms with E-state index in [9.17, 15) is 0 Å². The first kappa shape index (κ1) is 8.09. The molecule has 0 aromatic heterocycles. The third-order valence-corrected chi connectivity index (χ3v) is 4.14. The zero-order chi connectivity index (χ0) is 18.9. The maximum absolute atomic E-state index is 8.47. The molecule has 0 saturated heterocycles. The summed E-state index contributed by atoms with van der Waals surface area (Å²) in [6.07, 6.45) is 0. The van der Waals surface area contributed by atoms with Crippen LogP contribution in [0.4, 0.5) is 0 Å². The van der Waals surface area contributed by atoms with Crippen molar-refractivity contribution in [1.29, 1.82) is 0 Å². The average Bonchev–Trinajstić information content (AvgIpc) is 2.64. The third kappa shape index (κ3) is 1.51. The molecule has 0 spiro atoms. The van der Waals surface area contributed by atoms with Crippen LogP contribution in [0.3, 0.4) is 0 Å². The van der Waals surface area contributed by atoms with Gasteiger partial charge in [-0.3, -0.25) is 0 Å². The van der Waals surface area contributed by atoms with E-state index in [2.05, 4.69) is 0 Å². The van der Waals surface area contributed by atoms with Gasteiger partial charge >= 0.3 is 0 Å². The third-order valence-electron chi connectivity index (χ3n) is 4.14. The molecule has 0 saturated carbocycles. The van der Waals surface area contributed by atoms with Gasteiger partial charge in [0.25, 0.3) is 6.71 Å². The van der Waals surface area contributed by atoms with Gasteiger partial charge in [0.15, 0.2) is 0 Å². The van der Waals surface area contributed by atoms with Gasteiger partial charge in [0.05, 0.1) is 2.74 Å². The van der Waals surface area contributed by atoms with Gasteiger partial charge in [0.2, 0.25) is 0 Å². The quantitative estimate of drug-likeness (QED) is 0.408. The lowest BCUT2D eigenvalue weighted by Crippen LogP contribution is -2.57. The Labute approximate surface area is 136 Å². The van der Waals surface area contributed by atoms with Crippen LogP contribution in [-0.4, -0.2) is 6.71 Å². The van der Waals surface area contributed by atoms with Gasteiger partial charge in [-0.15, -0.1) is 0 Å². The summed E-state index contributed by atoms with van der Waals surface area (Å²) < 4.78 is 52.2. The minimum atomic E-state index is -2.62. The normalized spacial score (nSPS) is 17.3. The largest absolute Gasteiger partial charge is 0.458 e. The molecule has 104 valence electrons. The maximum Gasteiger partial charge on any atom is 0.260 e. The van der Waals surface area contributed by atoms with Crippen molar-refractivity contribution < 1.29 is 16.3 Å². The minimum absolute atomic E-state index is 0.158. The van der Waals surface area contributed by atoms with E-state index in [1.807, 2.05) is 36.4 Å². The lowest BCUT2D eigenvalue weighted by atomic mass is 9.35. The zero-order valence-electron chi connectivity index (χ0n) is 16.5. The molecular formula is C19H13BO2. The second-order valence-corrected chi connectivity index (χ2v) is 5.41. The molecule has 0 radical (unpaired) electrons. The predicted molar refractivity (Wildman–Crippen MR) is 88.9 cm³/mol. The number of hydrogen-bond acceptors (Lipinski definition) is 2. The number of para-hydroxylation sites is 2. The molecule has 0 atom stereocenters. The first-order valence-corrected chi connectivity index (χ1v) is 7.09. The Morgan fingerprint density at radius 2 is 1.36 bits per heavy atom. The smallest absolute Gasteiger partial charge is 0.260 e. The molecule has 5 rings (SSSR count). The fourth-order valence-electron chi connectivity index (χ4n) is 3.24. The van der Waals surface area contributed by atoms with E-state index in [0.717, 1.165) is 10.9 Å². The second-order valence-electron chi connectivity index (χ2n) is 5.41. The molecular weight excluding hydrogens is 271 g/mol. The molecule has 0 bridgehead atoms. The molecule has 0 unspecified atom stereocenters. The van der Waals surface area contributed by atoms with Crippen LogP contribution in [0, 0.1) is 6.85 Å². The van der Waals surface area contributed by atoms with Gasteiger partial charge in [0, 0.05) is 9.58 Å². The van der Waals surface area contributed by atoms with E-state index in [1.165, 1.54) is 0 Å². The summed E-state index contributed by atoms with van der Waals surface area (Å²) in [4.78, 5) is 0. The van der Waals surface area contributed by atoms with E-state index >= 15 is 0 Å². The lowest BCUT2D eigenvalue weighted by Gasteiger charge is -2.33. The van der Waals surface area contributed by atoms with Crippen molar-refractivity contribution in [3.05, 3.63) is 66.2 Å². The van der Waals surface area contributed by atoms with E-state index in [1.54, 1.807) is 12.1 Å². The van der Waals surface area contributed by atoms with E-state index in [4.69, 9.17) is 16.3 Å². The fraction of sp³-hybridized carbons (Fsp3) is 0.0526. The summed E-state index contributed by atoms with van der Waals surface area (Å²) >= 11 is 0. The van der Waals surface area contributed by atoms with Crippen LogP contribution in [0.1, 0.15) is 12.4 Å². The van der Waals surface area contributed by atoms with Crippen LogP contribution in [0.15, 0.2) is 60.6 Å². The van der Waals surface area contributed by atoms with Gasteiger partial charge in [-0.25, -0.2) is 0 Å². The monoisotopic (exact) mass is 289 g/mol. The molecule has 3 heteroatoms. The molecule has 0 N–H and O–H groups in total. The summed E-state index contributed by atoms with van der Waals surface area (Å²) in [5.41, 5.74) is 2.01. The van der Waals surface area contributed by atoms with Crippen molar-refractivity contribution in [1.82, 2.24) is 0 Å². The molecule has 0 aliphatic carbocycles. The van der Waals surface area contributed by atoms with Crippen molar-refractivity contribution in [2.24, 2.45) is 0 Å². The number of rotatable bonds is 0. The van der Waals surface area contributed by atoms with Gasteiger partial charge < -0.3 is 9.47 Å². The number of ether oxygens (including phenoxy) is 2. The maximum atomic E-state index is 8.47. The Kier molecular flexibility index (Phi) is 1.53. The minimum Gasteiger partial charge on any atom is -0.458 e. The molecule has 3 aromatic rings. The van der Waals surface area contributed by atoms with Crippen molar-refractivity contribution >= 4 is 23.1 Å². The molecule has 0 amide bonds. The standard InChI is InChI=1S/C19H13BO2/c1-12-10-17-19-18(11-12)22-16-9-5-3-7-14(16)20(19)13-6-2-4-8-15(13)21-17/h2-11H,1H3/i1D3,10D,11D. The number of hydrogen-bond donors (Lipinski definition) is 0. The van der Waals surface area contributed by atoms with Crippen LogP contribution in [-0.2, 0) is 0 Å². The van der Waals surface area contributed by atoms with Crippen molar-refractivity contribution in [2.75, 3.05) is 0 Å². The van der Waals surface area contributed by atoms with Gasteiger partial charge in [0.1, 0.15) is 23.0 Å². The highest BCUT2D eigenvalue weighted by atomic mass is 16.5. The zero-order valence-corrected chi connectivity index (χ0v) is 11.5. The average molecular weight is 289 g/mol. The Hall–Kier alpha value is -2.68. The highest BCUT2D eigenvalue weighted by molar-refractivity contribution is 6.98. The van der Waals surface area contributed by atoms with E-state index in [0.29, 0.717) is 17.0 Å². The van der Waals surface area contributed by atoms with Gasteiger partial charge in [-0.1, -0.05) is 36.4 Å². The molecule has 2 aliphatic heterocycles. The highest BCUT2D eigenvalue weighted by Crippen LogP contribution is 2.34. The van der Waals surface area contributed by atoms with E-state index < -0.39 is 6.85 Å². The highest BCUT2D eigenvalue weighted by Gasteiger charge is 2.39. The molecule has 2 nitrogen and oxygen atoms in total. The number of benzene rings is 3. The topological polar surface area (TPSA) is 18.5 Å². The first-order chi connectivity index (χ1) is 12.9. The summed E-state index contributed by atoms with van der Waals surface area (Å²) in [5, 5.41) is 0. The Balaban J connectivity index is 1.91. The molecule has 2 heterocycles. The van der Waals surface area contributed by atoms with Crippen molar-refractivity contribution in [3.8, 4) is 23.0 Å². The summed E-state index contributed by atoms with van der Waals surface area (Å²) in [6.45, 7) is -2.89. The summed E-state index contributed by atoms with van der Waals surface area (Å²) in [7, 11) is 0.